The Morgan fingerprint density at radius 2 is 1.70 bits per heavy atom. The summed E-state index contributed by atoms with van der Waals surface area (Å²) in [6.45, 7) is 1.15. The van der Waals surface area contributed by atoms with Gasteiger partial charge in [0.05, 0.1) is 12.1 Å². The highest BCUT2D eigenvalue weighted by atomic mass is 16.6. The molecule has 1 amide bonds. The molecule has 1 N–H and O–H groups in total. The molecule has 6 nitrogen and oxygen atoms in total. The molecule has 0 aliphatic carbocycles. The van der Waals surface area contributed by atoms with Crippen LogP contribution in [0.1, 0.15) is 27.9 Å². The van der Waals surface area contributed by atoms with Gasteiger partial charge in [-0.3, -0.25) is 9.59 Å². The van der Waals surface area contributed by atoms with Gasteiger partial charge in [0.15, 0.2) is 22.9 Å². The van der Waals surface area contributed by atoms with Gasteiger partial charge >= 0.3 is 0 Å². The van der Waals surface area contributed by atoms with E-state index in [-0.39, 0.29) is 18.7 Å². The van der Waals surface area contributed by atoms with Crippen molar-refractivity contribution >= 4 is 23.5 Å². The van der Waals surface area contributed by atoms with Gasteiger partial charge in [-0.15, -0.1) is 0 Å². The number of rotatable bonds is 6. The van der Waals surface area contributed by atoms with Crippen LogP contribution in [0.15, 0.2) is 78.9 Å². The van der Waals surface area contributed by atoms with Crippen molar-refractivity contribution in [2.75, 3.05) is 24.7 Å². The molecule has 0 fully saturated rings. The molecule has 3 aromatic rings. The predicted octanol–water partition coefficient (Wildman–Crippen LogP) is 3.98. The molecular weight excluding hydrogens is 418 g/mol. The number of carbonyl (C=O) groups is 2. The third kappa shape index (κ3) is 3.90. The highest BCUT2D eigenvalue weighted by molar-refractivity contribution is 6.11. The Morgan fingerprint density at radius 1 is 0.970 bits per heavy atom. The maximum absolute atomic E-state index is 13.4. The molecule has 0 aromatic heterocycles. The van der Waals surface area contributed by atoms with E-state index in [1.165, 1.54) is 4.90 Å². The Hall–Kier alpha value is -3.90. The predicted molar refractivity (Wildman–Crippen MR) is 125 cm³/mol. The molecule has 5 rings (SSSR count). The Labute approximate surface area is 191 Å². The van der Waals surface area contributed by atoms with Crippen molar-refractivity contribution in [3.63, 3.8) is 0 Å². The largest absolute Gasteiger partial charge is 0.486 e. The number of benzene rings is 3. The van der Waals surface area contributed by atoms with Gasteiger partial charge in [-0.2, -0.15) is 0 Å². The summed E-state index contributed by atoms with van der Waals surface area (Å²) in [5.41, 5.74) is 0.496. The molecule has 1 atom stereocenters. The second-order valence-corrected chi connectivity index (χ2v) is 8.06. The van der Waals surface area contributed by atoms with E-state index in [0.29, 0.717) is 41.5 Å². The summed E-state index contributed by atoms with van der Waals surface area (Å²) in [6, 6.07) is 21.7. The third-order valence-electron chi connectivity index (χ3n) is 5.92. The minimum absolute atomic E-state index is 0.283. The van der Waals surface area contributed by atoms with E-state index in [9.17, 15) is 14.7 Å². The van der Waals surface area contributed by atoms with Crippen LogP contribution in [0.4, 0.5) is 5.69 Å². The smallest absolute Gasteiger partial charge is 0.264 e. The number of anilines is 1. The van der Waals surface area contributed by atoms with Crippen LogP contribution in [0.5, 0.6) is 11.5 Å². The Balaban J connectivity index is 1.39. The zero-order valence-corrected chi connectivity index (χ0v) is 17.9. The summed E-state index contributed by atoms with van der Waals surface area (Å²) in [6.07, 6.45) is 3.44. The van der Waals surface area contributed by atoms with Gasteiger partial charge in [-0.05, 0) is 29.8 Å². The van der Waals surface area contributed by atoms with Gasteiger partial charge in [0, 0.05) is 17.7 Å². The topological polar surface area (TPSA) is 76.1 Å². The molecule has 0 bridgehead atoms. The number of hydrogen-bond acceptors (Lipinski definition) is 5. The first-order valence-electron chi connectivity index (χ1n) is 10.8. The molecular formula is C27H23NO5. The minimum atomic E-state index is -1.93. The highest BCUT2D eigenvalue weighted by Crippen LogP contribution is 2.43. The first kappa shape index (κ1) is 21.0. The summed E-state index contributed by atoms with van der Waals surface area (Å²) in [5, 5.41) is 11.5. The summed E-state index contributed by atoms with van der Waals surface area (Å²) >= 11 is 0. The van der Waals surface area contributed by atoms with Gasteiger partial charge in [-0.1, -0.05) is 60.7 Å². The van der Waals surface area contributed by atoms with E-state index in [1.807, 2.05) is 48.6 Å². The quantitative estimate of drug-likeness (QED) is 0.586. The lowest BCUT2D eigenvalue weighted by Gasteiger charge is -2.23. The van der Waals surface area contributed by atoms with Crippen molar-refractivity contribution < 1.29 is 24.2 Å². The van der Waals surface area contributed by atoms with Crippen LogP contribution in [-0.2, 0) is 10.4 Å². The van der Waals surface area contributed by atoms with E-state index in [2.05, 4.69) is 0 Å². The Kier molecular flexibility index (Phi) is 5.44. The molecule has 2 aliphatic rings. The zero-order chi connectivity index (χ0) is 22.8. The summed E-state index contributed by atoms with van der Waals surface area (Å²) in [5.74, 6) is 0.215. The fourth-order valence-corrected chi connectivity index (χ4v) is 4.27. The van der Waals surface area contributed by atoms with Gasteiger partial charge in [0.2, 0.25) is 0 Å². The number of ether oxygens (including phenoxy) is 2. The summed E-state index contributed by atoms with van der Waals surface area (Å²) in [7, 11) is 0. The number of carbonyl (C=O) groups excluding carboxylic acids is 2. The van der Waals surface area contributed by atoms with Crippen LogP contribution in [0, 0.1) is 0 Å². The normalized spacial score (nSPS) is 19.1. The number of para-hydroxylation sites is 1. The standard InChI is InChI=1S/C27H23NO5/c29-23(20-12-13-24-25(17-20)33-16-15-32-24)18-27(31)21-10-4-5-11-22(21)28(26(27)30)14-6-9-19-7-2-1-3-8-19/h1-13,17,31H,14-16,18H2/b9-6+/t27-/m1/s1. The molecule has 33 heavy (non-hydrogen) atoms. The summed E-state index contributed by atoms with van der Waals surface area (Å²) in [4.78, 5) is 28.0. The second kappa shape index (κ2) is 8.56. The fraction of sp³-hybridized carbons (Fsp3) is 0.185. The number of ketones is 1. The van der Waals surface area contributed by atoms with E-state index in [0.717, 1.165) is 5.56 Å². The van der Waals surface area contributed by atoms with Crippen molar-refractivity contribution in [2.24, 2.45) is 0 Å². The number of fused-ring (bicyclic) bond motifs is 2. The molecule has 2 heterocycles. The highest BCUT2D eigenvalue weighted by Gasteiger charge is 2.50. The van der Waals surface area contributed by atoms with Gasteiger partial charge in [0.25, 0.3) is 5.91 Å². The lowest BCUT2D eigenvalue weighted by Crippen LogP contribution is -2.42. The number of hydrogen-bond donors (Lipinski definition) is 1. The number of Topliss-reactive ketones (excluding diaryl/α,β-unsaturated/α-hetero) is 1. The Morgan fingerprint density at radius 3 is 2.52 bits per heavy atom. The van der Waals surface area contributed by atoms with E-state index >= 15 is 0 Å². The van der Waals surface area contributed by atoms with Crippen molar-refractivity contribution in [1.82, 2.24) is 0 Å². The zero-order valence-electron chi connectivity index (χ0n) is 17.9. The molecule has 3 aromatic carbocycles. The third-order valence-corrected chi connectivity index (χ3v) is 5.92. The molecule has 0 saturated heterocycles. The average molecular weight is 441 g/mol. The SMILES string of the molecule is O=C(C[C@]1(O)C(=O)N(C/C=C/c2ccccc2)c2ccccc21)c1ccc2c(c1)OCCO2. The van der Waals surface area contributed by atoms with E-state index in [4.69, 9.17) is 9.47 Å². The number of nitrogens with zero attached hydrogens (tertiary/aromatic N) is 1. The molecule has 6 heteroatoms. The first-order valence-corrected chi connectivity index (χ1v) is 10.8. The van der Waals surface area contributed by atoms with Gasteiger partial charge < -0.3 is 19.5 Å². The monoisotopic (exact) mass is 441 g/mol. The second-order valence-electron chi connectivity index (χ2n) is 8.06. The molecule has 166 valence electrons. The van der Waals surface area contributed by atoms with Crippen molar-refractivity contribution in [2.45, 2.75) is 12.0 Å². The maximum atomic E-state index is 13.4. The molecule has 0 spiro atoms. The van der Waals surface area contributed by atoms with Gasteiger partial charge in [-0.25, -0.2) is 0 Å². The van der Waals surface area contributed by atoms with Crippen LogP contribution < -0.4 is 14.4 Å². The van der Waals surface area contributed by atoms with Crippen LogP contribution in [-0.4, -0.2) is 36.6 Å². The van der Waals surface area contributed by atoms with Crippen LogP contribution in [0.3, 0.4) is 0 Å². The molecule has 2 aliphatic heterocycles. The molecule has 0 radical (unpaired) electrons. The van der Waals surface area contributed by atoms with Crippen LogP contribution >= 0.6 is 0 Å². The van der Waals surface area contributed by atoms with Crippen molar-refractivity contribution in [1.29, 1.82) is 0 Å². The minimum Gasteiger partial charge on any atom is -0.486 e. The van der Waals surface area contributed by atoms with E-state index in [1.54, 1.807) is 36.4 Å². The van der Waals surface area contributed by atoms with Gasteiger partial charge in [0.1, 0.15) is 13.2 Å². The fourth-order valence-electron chi connectivity index (χ4n) is 4.27. The number of aliphatic hydroxyl groups is 1. The van der Waals surface area contributed by atoms with Crippen LogP contribution in [0.25, 0.3) is 6.08 Å². The Bertz CT molecular complexity index is 1240. The van der Waals surface area contributed by atoms with Crippen LogP contribution in [0.2, 0.25) is 0 Å². The average Bonchev–Trinajstić information content (AvgIpc) is 3.06. The molecule has 0 unspecified atom stereocenters. The number of amides is 1. The van der Waals surface area contributed by atoms with Crippen molar-refractivity contribution in [3.05, 3.63) is 95.6 Å². The molecule has 0 saturated carbocycles. The first-order chi connectivity index (χ1) is 16.1. The summed E-state index contributed by atoms with van der Waals surface area (Å²) < 4.78 is 11.1. The lowest BCUT2D eigenvalue weighted by molar-refractivity contribution is -0.135. The maximum Gasteiger partial charge on any atom is 0.264 e. The lowest BCUT2D eigenvalue weighted by atomic mass is 9.88. The van der Waals surface area contributed by atoms with Crippen molar-refractivity contribution in [3.8, 4) is 11.5 Å². The van der Waals surface area contributed by atoms with E-state index < -0.39 is 11.5 Å².